The normalized spacial score (nSPS) is 15.8. The Morgan fingerprint density at radius 3 is 1.55 bits per heavy atom. The van der Waals surface area contributed by atoms with Gasteiger partial charge >= 0.3 is 0 Å². The summed E-state index contributed by atoms with van der Waals surface area (Å²) in [7, 11) is -0.169. The Balaban J connectivity index is 0.00000147. The fourth-order valence-corrected chi connectivity index (χ4v) is 6.10. The van der Waals surface area contributed by atoms with Crippen LogP contribution in [0.5, 0.6) is 0 Å². The van der Waals surface area contributed by atoms with Gasteiger partial charge in [-0.15, -0.1) is 0 Å². The smallest absolute Gasteiger partial charge is 0 e. The number of benzene rings is 2. The monoisotopic (exact) mass is 291 g/mol. The minimum atomic E-state index is -0.169. The van der Waals surface area contributed by atoms with E-state index in [9.17, 15) is 0 Å². The number of hydrogen-bond donors (Lipinski definition) is 0. The van der Waals surface area contributed by atoms with Gasteiger partial charge in [-0.25, -0.2) is 0 Å². The van der Waals surface area contributed by atoms with Crippen LogP contribution in [0.25, 0.3) is 0 Å². The summed E-state index contributed by atoms with van der Waals surface area (Å²) in [5.74, 6) is 0. The van der Waals surface area contributed by atoms with E-state index in [0.29, 0.717) is 0 Å². The fourth-order valence-electron chi connectivity index (χ4n) is 3.09. The summed E-state index contributed by atoms with van der Waals surface area (Å²) < 4.78 is 0. The van der Waals surface area contributed by atoms with Gasteiger partial charge < -0.3 is 0 Å². The van der Waals surface area contributed by atoms with E-state index in [1.54, 1.807) is 10.6 Å². The molecule has 1 fully saturated rings. The van der Waals surface area contributed by atoms with Gasteiger partial charge in [0.15, 0.2) is 0 Å². The molecule has 0 spiro atoms. The summed E-state index contributed by atoms with van der Waals surface area (Å²) in [4.78, 5) is 0. The van der Waals surface area contributed by atoms with Crippen LogP contribution in [0.15, 0.2) is 60.7 Å². The molecule has 0 aliphatic heterocycles. The molecule has 2 heteroatoms. The van der Waals surface area contributed by atoms with E-state index in [0.717, 1.165) is 5.66 Å². The van der Waals surface area contributed by atoms with E-state index in [2.05, 4.69) is 60.7 Å². The standard InChI is InChI=1S/C18H21P.Na/c1-4-10-16(11-5-1)19(17-12-6-2-7-13-17)18-14-8-3-9-15-18;/h1-2,4-7,10-13,18H,3,8-9,14-15H2;. The van der Waals surface area contributed by atoms with Crippen molar-refractivity contribution in [1.29, 1.82) is 0 Å². The molecule has 1 saturated carbocycles. The minimum absolute atomic E-state index is 0. The molecule has 0 aromatic heterocycles. The molecule has 0 bridgehead atoms. The zero-order valence-electron chi connectivity index (χ0n) is 12.3. The molecule has 2 aromatic carbocycles. The SMILES string of the molecule is [Na].c1ccc(P(c2ccccc2)C2CCCCC2)cc1. The Kier molecular flexibility index (Phi) is 6.78. The second kappa shape index (κ2) is 8.35. The molecule has 0 N–H and O–H groups in total. The first-order chi connectivity index (χ1) is 9.45. The van der Waals surface area contributed by atoms with Crippen molar-refractivity contribution in [3.63, 3.8) is 0 Å². The van der Waals surface area contributed by atoms with Gasteiger partial charge in [0.25, 0.3) is 0 Å². The molecule has 20 heavy (non-hydrogen) atoms. The minimum Gasteiger partial charge on any atom is -0.0622 e. The molecule has 3 rings (SSSR count). The van der Waals surface area contributed by atoms with Gasteiger partial charge in [0.05, 0.1) is 0 Å². The first-order valence-electron chi connectivity index (χ1n) is 7.34. The summed E-state index contributed by atoms with van der Waals surface area (Å²) >= 11 is 0. The molecular weight excluding hydrogens is 270 g/mol. The predicted octanol–water partition coefficient (Wildman–Crippen LogP) is 4.07. The van der Waals surface area contributed by atoms with Crippen molar-refractivity contribution < 1.29 is 0 Å². The fraction of sp³-hybridized carbons (Fsp3) is 0.333. The quantitative estimate of drug-likeness (QED) is 0.590. The molecule has 1 radical (unpaired) electrons. The zero-order chi connectivity index (χ0) is 12.9. The van der Waals surface area contributed by atoms with Crippen LogP contribution in [-0.2, 0) is 0 Å². The van der Waals surface area contributed by atoms with Gasteiger partial charge in [0.1, 0.15) is 0 Å². The van der Waals surface area contributed by atoms with Gasteiger partial charge in [-0.2, -0.15) is 0 Å². The second-order valence-corrected chi connectivity index (χ2v) is 7.84. The van der Waals surface area contributed by atoms with Crippen LogP contribution in [0, 0.1) is 0 Å². The van der Waals surface area contributed by atoms with Gasteiger partial charge in [0, 0.05) is 29.6 Å². The van der Waals surface area contributed by atoms with Crippen LogP contribution < -0.4 is 10.6 Å². The van der Waals surface area contributed by atoms with Crippen molar-refractivity contribution in [3.8, 4) is 0 Å². The van der Waals surface area contributed by atoms with E-state index in [-0.39, 0.29) is 37.5 Å². The Bertz CT molecular complexity index is 452. The third kappa shape index (κ3) is 3.95. The molecule has 2 aromatic rings. The van der Waals surface area contributed by atoms with E-state index in [4.69, 9.17) is 0 Å². The molecule has 0 amide bonds. The predicted molar refractivity (Wildman–Crippen MR) is 91.7 cm³/mol. The summed E-state index contributed by atoms with van der Waals surface area (Å²) in [6.45, 7) is 0. The molecule has 0 nitrogen and oxygen atoms in total. The average molecular weight is 291 g/mol. The Labute approximate surface area is 146 Å². The van der Waals surface area contributed by atoms with Gasteiger partial charge in [-0.1, -0.05) is 79.9 Å². The van der Waals surface area contributed by atoms with E-state index >= 15 is 0 Å². The maximum Gasteiger partial charge on any atom is 0 e. The number of rotatable bonds is 3. The van der Waals surface area contributed by atoms with Crippen LogP contribution in [0.4, 0.5) is 0 Å². The maximum atomic E-state index is 2.33. The molecule has 0 saturated heterocycles. The Morgan fingerprint density at radius 2 is 1.10 bits per heavy atom. The first kappa shape index (κ1) is 16.2. The molecule has 1 aliphatic rings. The average Bonchev–Trinajstić information content (AvgIpc) is 2.51. The third-order valence-electron chi connectivity index (χ3n) is 4.01. The van der Waals surface area contributed by atoms with Crippen LogP contribution in [0.1, 0.15) is 32.1 Å². The number of hydrogen-bond acceptors (Lipinski definition) is 0. The topological polar surface area (TPSA) is 0 Å². The van der Waals surface area contributed by atoms with Gasteiger partial charge in [-0.05, 0) is 37.0 Å². The van der Waals surface area contributed by atoms with Crippen molar-refractivity contribution in [2.45, 2.75) is 37.8 Å². The van der Waals surface area contributed by atoms with Gasteiger partial charge in [0.2, 0.25) is 0 Å². The summed E-state index contributed by atoms with van der Waals surface area (Å²) in [6.07, 6.45) is 7.10. The van der Waals surface area contributed by atoms with Crippen molar-refractivity contribution in [2.75, 3.05) is 0 Å². The van der Waals surface area contributed by atoms with Crippen LogP contribution in [0.2, 0.25) is 0 Å². The molecule has 0 heterocycles. The summed E-state index contributed by atoms with van der Waals surface area (Å²) in [5.41, 5.74) is 0.883. The van der Waals surface area contributed by atoms with E-state index in [1.807, 2.05) is 0 Å². The zero-order valence-corrected chi connectivity index (χ0v) is 15.2. The van der Waals surface area contributed by atoms with Crippen LogP contribution in [-0.4, -0.2) is 35.2 Å². The first-order valence-corrected chi connectivity index (χ1v) is 8.75. The summed E-state index contributed by atoms with van der Waals surface area (Å²) in [5, 5.41) is 3.10. The molecular formula is C18H21NaP. The molecule has 99 valence electrons. The van der Waals surface area contributed by atoms with E-state index in [1.165, 1.54) is 32.1 Å². The van der Waals surface area contributed by atoms with E-state index < -0.39 is 0 Å². The third-order valence-corrected chi connectivity index (χ3v) is 6.96. The molecule has 0 atom stereocenters. The van der Waals surface area contributed by atoms with Crippen molar-refractivity contribution in [1.82, 2.24) is 0 Å². The van der Waals surface area contributed by atoms with Crippen LogP contribution in [0.3, 0.4) is 0 Å². The Hall–Kier alpha value is -0.130. The van der Waals surface area contributed by atoms with Crippen molar-refractivity contribution in [2.24, 2.45) is 0 Å². The van der Waals surface area contributed by atoms with Gasteiger partial charge in [-0.3, -0.25) is 0 Å². The maximum absolute atomic E-state index is 2.33. The second-order valence-electron chi connectivity index (χ2n) is 5.33. The summed E-state index contributed by atoms with van der Waals surface area (Å²) in [6, 6.07) is 22.3. The van der Waals surface area contributed by atoms with Crippen molar-refractivity contribution >= 4 is 48.1 Å². The van der Waals surface area contributed by atoms with Crippen LogP contribution >= 0.6 is 7.92 Å². The molecule has 1 aliphatic carbocycles. The largest absolute Gasteiger partial charge is 0.0622 e. The Morgan fingerprint density at radius 1 is 0.650 bits per heavy atom. The molecule has 0 unspecified atom stereocenters. The van der Waals surface area contributed by atoms with Crippen molar-refractivity contribution in [3.05, 3.63) is 60.7 Å².